The van der Waals surface area contributed by atoms with Gasteiger partial charge in [-0.25, -0.2) is 0 Å². The van der Waals surface area contributed by atoms with Crippen LogP contribution in [0.1, 0.15) is 51.6 Å². The quantitative estimate of drug-likeness (QED) is 0.798. The smallest absolute Gasteiger partial charge is 0.225 e. The van der Waals surface area contributed by atoms with E-state index >= 15 is 0 Å². The molecule has 0 aliphatic heterocycles. The number of carbonyl (C=O) groups excluding carboxylic acids is 1. The number of hydrogen-bond acceptors (Lipinski definition) is 3. The Morgan fingerprint density at radius 2 is 1.87 bits per heavy atom. The zero-order valence-corrected chi connectivity index (χ0v) is 16.4. The summed E-state index contributed by atoms with van der Waals surface area (Å²) in [7, 11) is 0. The van der Waals surface area contributed by atoms with Crippen molar-refractivity contribution in [2.24, 2.45) is 17.6 Å². The molecule has 0 aliphatic rings. The number of amides is 1. The van der Waals surface area contributed by atoms with Crippen LogP contribution >= 0.6 is 12.4 Å². The first-order valence-electron chi connectivity index (χ1n) is 8.14. The largest absolute Gasteiger partial charge is 0.349 e. The molecular weight excluding hydrogens is 312 g/mol. The predicted molar refractivity (Wildman–Crippen MR) is 97.9 cm³/mol. The molecule has 0 spiro atoms. The molecule has 3 N–H and O–H groups in total. The Morgan fingerprint density at radius 1 is 1.30 bits per heavy atom. The Morgan fingerprint density at radius 3 is 2.30 bits per heavy atom. The molecule has 1 heterocycles. The summed E-state index contributed by atoms with van der Waals surface area (Å²) in [5, 5.41) is 7.66. The maximum absolute atomic E-state index is 12.4. The van der Waals surface area contributed by atoms with Gasteiger partial charge in [-0.2, -0.15) is 5.10 Å². The summed E-state index contributed by atoms with van der Waals surface area (Å²) in [6.45, 7) is 15.8. The predicted octanol–water partition coefficient (Wildman–Crippen LogP) is 2.61. The van der Waals surface area contributed by atoms with Crippen LogP contribution in [-0.2, 0) is 17.8 Å². The Kier molecular flexibility index (Phi) is 8.29. The minimum absolute atomic E-state index is 0. The van der Waals surface area contributed by atoms with Crippen molar-refractivity contribution >= 4 is 18.3 Å². The zero-order chi connectivity index (χ0) is 17.1. The summed E-state index contributed by atoms with van der Waals surface area (Å²) < 4.78 is 2.01. The molecule has 1 aromatic rings. The molecule has 0 radical (unpaired) electrons. The van der Waals surface area contributed by atoms with Gasteiger partial charge in [0, 0.05) is 24.3 Å². The molecule has 0 aromatic carbocycles. The van der Waals surface area contributed by atoms with Gasteiger partial charge in [-0.05, 0) is 32.6 Å². The highest BCUT2D eigenvalue weighted by Gasteiger charge is 2.29. The summed E-state index contributed by atoms with van der Waals surface area (Å²) in [4.78, 5) is 12.4. The number of nitrogens with zero attached hydrogens (tertiary/aromatic N) is 2. The molecular formula is C17H33ClN4O. The van der Waals surface area contributed by atoms with E-state index in [1.54, 1.807) is 0 Å². The number of nitrogens with one attached hydrogen (secondary N) is 1. The number of aromatic nitrogens is 2. The number of hydrogen-bond donors (Lipinski definition) is 2. The van der Waals surface area contributed by atoms with Gasteiger partial charge >= 0.3 is 0 Å². The second-order valence-electron chi connectivity index (χ2n) is 7.23. The van der Waals surface area contributed by atoms with Gasteiger partial charge in [-0.1, -0.05) is 27.7 Å². The van der Waals surface area contributed by atoms with Gasteiger partial charge in [0.2, 0.25) is 5.91 Å². The average Bonchev–Trinajstić information content (AvgIpc) is 2.65. The molecule has 0 saturated heterocycles. The summed E-state index contributed by atoms with van der Waals surface area (Å²) in [6, 6.07) is 0. The minimum atomic E-state index is -0.368. The molecule has 5 nitrogen and oxygen atoms in total. The number of rotatable bonds is 7. The first-order chi connectivity index (χ1) is 10.1. The molecule has 0 aliphatic carbocycles. The van der Waals surface area contributed by atoms with Gasteiger partial charge in [-0.15, -0.1) is 12.4 Å². The monoisotopic (exact) mass is 344 g/mol. The number of carbonyl (C=O) groups is 1. The van der Waals surface area contributed by atoms with Crippen molar-refractivity contribution in [1.82, 2.24) is 15.1 Å². The third kappa shape index (κ3) is 5.50. The van der Waals surface area contributed by atoms with E-state index < -0.39 is 0 Å². The Bertz CT molecular complexity index is 525. The van der Waals surface area contributed by atoms with Crippen LogP contribution < -0.4 is 11.1 Å². The van der Waals surface area contributed by atoms with E-state index in [4.69, 9.17) is 5.73 Å². The highest BCUT2D eigenvalue weighted by Crippen LogP contribution is 2.18. The molecule has 1 atom stereocenters. The lowest BCUT2D eigenvalue weighted by atomic mass is 9.88. The molecule has 0 fully saturated rings. The molecule has 1 unspecified atom stereocenters. The second-order valence-corrected chi connectivity index (χ2v) is 7.23. The number of halogens is 1. The van der Waals surface area contributed by atoms with E-state index in [1.807, 2.05) is 25.5 Å². The van der Waals surface area contributed by atoms with Crippen molar-refractivity contribution in [2.75, 3.05) is 6.54 Å². The van der Waals surface area contributed by atoms with Gasteiger partial charge in [0.1, 0.15) is 0 Å². The molecule has 1 aromatic heterocycles. The molecule has 0 saturated carbocycles. The third-order valence-electron chi connectivity index (χ3n) is 4.53. The van der Waals surface area contributed by atoms with Crippen LogP contribution in [0.25, 0.3) is 0 Å². The Balaban J connectivity index is 0.00000484. The van der Waals surface area contributed by atoms with E-state index in [0.717, 1.165) is 23.5 Å². The number of aryl methyl sites for hydroxylation is 1. The van der Waals surface area contributed by atoms with E-state index in [-0.39, 0.29) is 29.8 Å². The highest BCUT2D eigenvalue weighted by atomic mass is 35.5. The van der Waals surface area contributed by atoms with Crippen LogP contribution in [0.4, 0.5) is 0 Å². The lowest BCUT2D eigenvalue weighted by Gasteiger charge is -2.33. The van der Waals surface area contributed by atoms with Crippen molar-refractivity contribution in [3.05, 3.63) is 17.0 Å². The fourth-order valence-electron chi connectivity index (χ4n) is 2.47. The van der Waals surface area contributed by atoms with Crippen LogP contribution in [0, 0.1) is 25.7 Å². The lowest BCUT2D eigenvalue weighted by Crippen LogP contribution is -2.55. The van der Waals surface area contributed by atoms with Gasteiger partial charge in [0.05, 0.1) is 17.7 Å². The first-order valence-corrected chi connectivity index (χ1v) is 8.14. The van der Waals surface area contributed by atoms with Gasteiger partial charge in [0.25, 0.3) is 0 Å². The number of nitrogens with two attached hydrogens (primary N) is 1. The fourth-order valence-corrected chi connectivity index (χ4v) is 2.47. The van der Waals surface area contributed by atoms with Crippen LogP contribution in [0.3, 0.4) is 0 Å². The first kappa shape index (κ1) is 21.9. The Hall–Kier alpha value is -1.07. The van der Waals surface area contributed by atoms with E-state index in [9.17, 15) is 4.79 Å². The SMILES string of the molecule is Cc1nn(CC(C)C)c(C)c1CC(=O)NC(C)(CN)C(C)C.Cl. The second kappa shape index (κ2) is 8.69. The average molecular weight is 345 g/mol. The van der Waals surface area contributed by atoms with Crippen molar-refractivity contribution in [3.8, 4) is 0 Å². The molecule has 23 heavy (non-hydrogen) atoms. The van der Waals surface area contributed by atoms with E-state index in [1.165, 1.54) is 0 Å². The van der Waals surface area contributed by atoms with Crippen LogP contribution in [0.15, 0.2) is 0 Å². The van der Waals surface area contributed by atoms with Crippen LogP contribution in [-0.4, -0.2) is 27.8 Å². The van der Waals surface area contributed by atoms with Crippen molar-refractivity contribution in [2.45, 2.75) is 67.0 Å². The molecule has 1 amide bonds. The van der Waals surface area contributed by atoms with Crippen molar-refractivity contribution in [1.29, 1.82) is 0 Å². The summed E-state index contributed by atoms with van der Waals surface area (Å²) in [5.74, 6) is 0.824. The fraction of sp³-hybridized carbons (Fsp3) is 0.765. The van der Waals surface area contributed by atoms with Crippen LogP contribution in [0.2, 0.25) is 0 Å². The van der Waals surface area contributed by atoms with Gasteiger partial charge in [0.15, 0.2) is 0 Å². The molecule has 6 heteroatoms. The standard InChI is InChI=1S/C17H32N4O.ClH/c1-11(2)9-21-14(6)15(13(5)20-21)8-16(22)19-17(7,10-18)12(3)4;/h11-12H,8-10,18H2,1-7H3,(H,19,22);1H. The summed E-state index contributed by atoms with van der Waals surface area (Å²) in [5.41, 5.74) is 8.52. The third-order valence-corrected chi connectivity index (χ3v) is 4.53. The summed E-state index contributed by atoms with van der Waals surface area (Å²) in [6.07, 6.45) is 0.359. The van der Waals surface area contributed by atoms with Crippen molar-refractivity contribution in [3.63, 3.8) is 0 Å². The Labute approximate surface area is 146 Å². The van der Waals surface area contributed by atoms with Gasteiger partial charge in [-0.3, -0.25) is 9.48 Å². The maximum atomic E-state index is 12.4. The molecule has 134 valence electrons. The lowest BCUT2D eigenvalue weighted by molar-refractivity contribution is -0.122. The van der Waals surface area contributed by atoms with Crippen molar-refractivity contribution < 1.29 is 4.79 Å². The van der Waals surface area contributed by atoms with Gasteiger partial charge < -0.3 is 11.1 Å². The zero-order valence-electron chi connectivity index (χ0n) is 15.6. The summed E-state index contributed by atoms with van der Waals surface area (Å²) >= 11 is 0. The normalized spacial score (nSPS) is 13.8. The maximum Gasteiger partial charge on any atom is 0.225 e. The molecule has 0 bridgehead atoms. The van der Waals surface area contributed by atoms with E-state index in [2.05, 4.69) is 38.1 Å². The molecule has 1 rings (SSSR count). The van der Waals surface area contributed by atoms with Crippen LogP contribution in [0.5, 0.6) is 0 Å². The van der Waals surface area contributed by atoms with E-state index in [0.29, 0.717) is 18.9 Å². The topological polar surface area (TPSA) is 72.9 Å². The highest BCUT2D eigenvalue weighted by molar-refractivity contribution is 5.85. The minimum Gasteiger partial charge on any atom is -0.349 e.